The molecule has 1 fully saturated rings. The minimum atomic E-state index is -1.17. The molecule has 4 rings (SSSR count). The molecule has 2 N–H and O–H groups in total. The van der Waals surface area contributed by atoms with E-state index in [2.05, 4.69) is 41.9 Å². The number of aromatic nitrogens is 6. The highest BCUT2D eigenvalue weighted by molar-refractivity contribution is 9.10. The fourth-order valence-electron chi connectivity index (χ4n) is 3.47. The highest BCUT2D eigenvalue weighted by Gasteiger charge is 2.54. The first-order valence-corrected chi connectivity index (χ1v) is 12.3. The summed E-state index contributed by atoms with van der Waals surface area (Å²) in [6, 6.07) is -0.778. The number of aryl methyl sites for hydroxylation is 2. The van der Waals surface area contributed by atoms with Gasteiger partial charge in [0.1, 0.15) is 23.7 Å². The van der Waals surface area contributed by atoms with Gasteiger partial charge in [-0.2, -0.15) is 5.10 Å². The van der Waals surface area contributed by atoms with E-state index in [1.807, 2.05) is 13.8 Å². The maximum absolute atomic E-state index is 12.8. The van der Waals surface area contributed by atoms with Crippen LogP contribution in [-0.4, -0.2) is 80.7 Å². The van der Waals surface area contributed by atoms with Gasteiger partial charge in [0, 0.05) is 18.6 Å². The van der Waals surface area contributed by atoms with Crippen LogP contribution >= 0.6 is 39.5 Å². The second kappa shape index (κ2) is 8.86. The Morgan fingerprint density at radius 3 is 2.72 bits per heavy atom. The predicted molar refractivity (Wildman–Crippen MR) is 119 cm³/mol. The van der Waals surface area contributed by atoms with Crippen LogP contribution in [0, 0.1) is 13.8 Å². The van der Waals surface area contributed by atoms with Crippen LogP contribution in [0.2, 0.25) is 0 Å². The van der Waals surface area contributed by atoms with Crippen molar-refractivity contribution < 1.29 is 19.5 Å². The standard InChI is InChI=1S/C17H19BrN8O4S2/c1-7-11(18)8(2)25(21-7)4-10(27)19-12-14(28)26-13(16(29)30)9(5-31-15(12)26)6-32-17-20-22-23-24(17)3/h12,15H,4-6H2,1-3H3,(H,19,27)(H,29,30)/t12-,15+/m0/s1. The smallest absolute Gasteiger partial charge is 0.352 e. The number of hydrogen-bond donors (Lipinski definition) is 2. The van der Waals surface area contributed by atoms with Gasteiger partial charge in [-0.25, -0.2) is 9.48 Å². The molecule has 0 saturated carbocycles. The Labute approximate surface area is 199 Å². The Bertz CT molecular complexity index is 1150. The number of fused-ring (bicyclic) bond motifs is 1. The van der Waals surface area contributed by atoms with Gasteiger partial charge in [0.15, 0.2) is 0 Å². The highest BCUT2D eigenvalue weighted by Crippen LogP contribution is 2.41. The number of tetrazole rings is 1. The summed E-state index contributed by atoms with van der Waals surface area (Å²) >= 11 is 6.14. The Balaban J connectivity index is 1.44. The van der Waals surface area contributed by atoms with Crippen LogP contribution in [0.5, 0.6) is 0 Å². The van der Waals surface area contributed by atoms with Crippen molar-refractivity contribution in [3.63, 3.8) is 0 Å². The van der Waals surface area contributed by atoms with Crippen molar-refractivity contribution in [2.45, 2.75) is 37.0 Å². The molecule has 12 nitrogen and oxygen atoms in total. The van der Waals surface area contributed by atoms with Crippen molar-refractivity contribution in [1.82, 2.24) is 40.2 Å². The van der Waals surface area contributed by atoms with Gasteiger partial charge < -0.3 is 10.4 Å². The molecule has 1 saturated heterocycles. The molecule has 32 heavy (non-hydrogen) atoms. The summed E-state index contributed by atoms with van der Waals surface area (Å²) in [6.07, 6.45) is 0. The summed E-state index contributed by atoms with van der Waals surface area (Å²) < 4.78 is 3.88. The molecule has 0 aromatic carbocycles. The number of carboxylic acid groups (broad SMARTS) is 1. The van der Waals surface area contributed by atoms with Crippen LogP contribution in [-0.2, 0) is 28.0 Å². The van der Waals surface area contributed by atoms with E-state index in [0.29, 0.717) is 22.2 Å². The summed E-state index contributed by atoms with van der Waals surface area (Å²) in [6.45, 7) is 3.63. The van der Waals surface area contributed by atoms with Crippen LogP contribution < -0.4 is 5.32 Å². The van der Waals surface area contributed by atoms with E-state index in [4.69, 9.17) is 0 Å². The molecule has 170 valence electrons. The maximum Gasteiger partial charge on any atom is 0.352 e. The van der Waals surface area contributed by atoms with Gasteiger partial charge in [0.2, 0.25) is 11.1 Å². The third-order valence-electron chi connectivity index (χ3n) is 5.11. The molecule has 2 amide bonds. The Morgan fingerprint density at radius 1 is 1.38 bits per heavy atom. The lowest BCUT2D eigenvalue weighted by molar-refractivity contribution is -0.150. The second-order valence-corrected chi connectivity index (χ2v) is 10.1. The minimum Gasteiger partial charge on any atom is -0.477 e. The Morgan fingerprint density at radius 2 is 2.12 bits per heavy atom. The van der Waals surface area contributed by atoms with Crippen LogP contribution in [0.3, 0.4) is 0 Å². The summed E-state index contributed by atoms with van der Waals surface area (Å²) in [4.78, 5) is 38.5. The predicted octanol–water partition coefficient (Wildman–Crippen LogP) is 0.317. The summed E-state index contributed by atoms with van der Waals surface area (Å²) in [5, 5.41) is 28.1. The maximum atomic E-state index is 12.8. The molecule has 0 aliphatic carbocycles. The number of carbonyl (C=O) groups is 3. The highest BCUT2D eigenvalue weighted by atomic mass is 79.9. The normalized spacial score (nSPS) is 20.2. The van der Waals surface area contributed by atoms with Gasteiger partial charge in [-0.05, 0) is 45.8 Å². The van der Waals surface area contributed by atoms with E-state index in [9.17, 15) is 19.5 Å². The average molecular weight is 543 g/mol. The number of nitrogens with zero attached hydrogens (tertiary/aromatic N) is 7. The molecule has 0 radical (unpaired) electrons. The van der Waals surface area contributed by atoms with E-state index < -0.39 is 23.3 Å². The first-order valence-electron chi connectivity index (χ1n) is 9.43. The number of thioether (sulfide) groups is 2. The van der Waals surface area contributed by atoms with Crippen molar-refractivity contribution in [3.05, 3.63) is 27.1 Å². The SMILES string of the molecule is Cc1nn(CC(=O)N[C@H]2C(=O)N3C(C(=O)O)=C(CSc4nnnn4C)CS[C@H]23)c(C)c1Br. The van der Waals surface area contributed by atoms with Crippen molar-refractivity contribution >= 4 is 57.2 Å². The topological polar surface area (TPSA) is 148 Å². The van der Waals surface area contributed by atoms with E-state index in [-0.39, 0.29) is 18.1 Å². The molecule has 0 spiro atoms. The van der Waals surface area contributed by atoms with Crippen molar-refractivity contribution in [2.24, 2.45) is 7.05 Å². The zero-order valence-electron chi connectivity index (χ0n) is 17.3. The molecule has 2 aliphatic heterocycles. The fourth-order valence-corrected chi connectivity index (χ4v) is 6.09. The number of carbonyl (C=O) groups excluding carboxylic acids is 2. The van der Waals surface area contributed by atoms with Gasteiger partial charge in [-0.15, -0.1) is 16.9 Å². The van der Waals surface area contributed by atoms with Gasteiger partial charge in [-0.1, -0.05) is 11.8 Å². The summed E-state index contributed by atoms with van der Waals surface area (Å²) in [7, 11) is 1.69. The largest absolute Gasteiger partial charge is 0.477 e. The lowest BCUT2D eigenvalue weighted by atomic mass is 10.0. The summed E-state index contributed by atoms with van der Waals surface area (Å²) in [5.41, 5.74) is 2.15. The van der Waals surface area contributed by atoms with Gasteiger partial charge >= 0.3 is 5.97 Å². The Hall–Kier alpha value is -2.39. The molecule has 4 heterocycles. The molecule has 2 aromatic rings. The zero-order valence-corrected chi connectivity index (χ0v) is 20.5. The lowest BCUT2D eigenvalue weighted by Crippen LogP contribution is -2.70. The number of hydrogen-bond acceptors (Lipinski definition) is 9. The molecule has 2 aromatic heterocycles. The number of nitrogens with one attached hydrogen (secondary N) is 1. The van der Waals surface area contributed by atoms with Crippen LogP contribution in [0.4, 0.5) is 0 Å². The molecule has 15 heteroatoms. The molecule has 2 atom stereocenters. The fraction of sp³-hybridized carbons (Fsp3) is 0.471. The number of aliphatic carboxylic acids is 1. The van der Waals surface area contributed by atoms with Crippen molar-refractivity contribution in [3.8, 4) is 0 Å². The van der Waals surface area contributed by atoms with Crippen LogP contribution in [0.25, 0.3) is 0 Å². The minimum absolute atomic E-state index is 0.0330. The quantitative estimate of drug-likeness (QED) is 0.370. The molecular weight excluding hydrogens is 524 g/mol. The molecule has 0 unspecified atom stereocenters. The average Bonchev–Trinajstić information content (AvgIpc) is 3.27. The van der Waals surface area contributed by atoms with E-state index in [1.165, 1.54) is 33.1 Å². The number of amides is 2. The third-order valence-corrected chi connectivity index (χ3v) is 8.69. The second-order valence-electron chi connectivity index (χ2n) is 7.23. The Kier molecular flexibility index (Phi) is 6.31. The first kappa shape index (κ1) is 22.8. The van der Waals surface area contributed by atoms with E-state index in [0.717, 1.165) is 15.9 Å². The van der Waals surface area contributed by atoms with Gasteiger partial charge in [0.25, 0.3) is 5.91 Å². The number of β-lactam (4-membered cyclic amide) rings is 1. The van der Waals surface area contributed by atoms with Crippen molar-refractivity contribution in [1.29, 1.82) is 0 Å². The third kappa shape index (κ3) is 4.03. The monoisotopic (exact) mass is 542 g/mol. The number of carboxylic acids is 1. The van der Waals surface area contributed by atoms with E-state index in [1.54, 1.807) is 11.7 Å². The molecular formula is C17H19BrN8O4S2. The van der Waals surface area contributed by atoms with Gasteiger partial charge in [0.05, 0.1) is 15.9 Å². The zero-order chi connectivity index (χ0) is 23.2. The molecule has 0 bridgehead atoms. The van der Waals surface area contributed by atoms with Crippen LogP contribution in [0.1, 0.15) is 11.4 Å². The summed E-state index contributed by atoms with van der Waals surface area (Å²) in [5.74, 6) is -1.22. The van der Waals surface area contributed by atoms with E-state index >= 15 is 0 Å². The lowest BCUT2D eigenvalue weighted by Gasteiger charge is -2.49. The van der Waals surface area contributed by atoms with Crippen molar-refractivity contribution in [2.75, 3.05) is 11.5 Å². The van der Waals surface area contributed by atoms with Crippen LogP contribution in [0.15, 0.2) is 20.9 Å². The number of rotatable bonds is 7. The first-order chi connectivity index (χ1) is 15.2. The number of halogens is 1. The molecule has 2 aliphatic rings. The van der Waals surface area contributed by atoms with Gasteiger partial charge in [-0.3, -0.25) is 19.2 Å².